The minimum Gasteiger partial charge on any atom is -0.378 e. The van der Waals surface area contributed by atoms with Gasteiger partial charge in [-0.05, 0) is 41.2 Å². The Bertz CT molecular complexity index is 1430. The lowest BCUT2D eigenvalue weighted by Gasteiger charge is -2.38. The first-order chi connectivity index (χ1) is 17.1. The van der Waals surface area contributed by atoms with Gasteiger partial charge in [-0.15, -0.1) is 0 Å². The highest BCUT2D eigenvalue weighted by atomic mass is 32.2. The Balaban J connectivity index is 1.58. The Kier molecular flexibility index (Phi) is 6.24. The molecule has 2 aliphatic rings. The van der Waals surface area contributed by atoms with E-state index in [0.29, 0.717) is 46.3 Å². The van der Waals surface area contributed by atoms with Crippen molar-refractivity contribution >= 4 is 29.1 Å². The molecule has 5 rings (SSSR count). The van der Waals surface area contributed by atoms with Crippen LogP contribution < -0.4 is 15.8 Å². The number of hydrogen-bond acceptors (Lipinski definition) is 6. The molecule has 1 aliphatic heterocycles. The normalized spacial score (nSPS) is 18.4. The highest BCUT2D eigenvalue weighted by Crippen LogP contribution is 2.47. The fourth-order valence-electron chi connectivity index (χ4n) is 5.02. The standard InChI is InChI=1S/C28H29FN4O2S/c1-28(2)13-20-23(21(34)14-28)22(16-9-11-18(12-10-16)33(3)4)24-25(30-20)31-27(32-26(24)35)36-15-17-7-5-6-8-19(17)29/h5-12,22H,13-15H2,1-4H3,(H2,30,31,32,35)/t22-/m1/s1. The zero-order chi connectivity index (χ0) is 25.6. The molecular weight excluding hydrogens is 475 g/mol. The van der Waals surface area contributed by atoms with Crippen LogP contribution in [0.15, 0.2) is 69.8 Å². The zero-order valence-corrected chi connectivity index (χ0v) is 21.6. The molecule has 0 saturated carbocycles. The van der Waals surface area contributed by atoms with Crippen LogP contribution in [0.5, 0.6) is 0 Å². The molecule has 0 bridgehead atoms. The van der Waals surface area contributed by atoms with Crippen LogP contribution in [0.1, 0.15) is 49.3 Å². The van der Waals surface area contributed by atoms with Crippen molar-refractivity contribution in [3.05, 3.63) is 92.7 Å². The van der Waals surface area contributed by atoms with Crippen LogP contribution >= 0.6 is 11.8 Å². The summed E-state index contributed by atoms with van der Waals surface area (Å²) in [5, 5.41) is 3.74. The summed E-state index contributed by atoms with van der Waals surface area (Å²) >= 11 is 1.27. The summed E-state index contributed by atoms with van der Waals surface area (Å²) in [4.78, 5) is 36.5. The van der Waals surface area contributed by atoms with Gasteiger partial charge in [0.1, 0.15) is 11.6 Å². The maximum absolute atomic E-state index is 14.1. The molecular formula is C28H29FN4O2S. The second kappa shape index (κ2) is 9.24. The summed E-state index contributed by atoms with van der Waals surface area (Å²) in [5.74, 6) is 0.0584. The summed E-state index contributed by atoms with van der Waals surface area (Å²) in [5.41, 5.74) is 3.88. The fraction of sp³-hybridized carbons (Fsp3) is 0.321. The van der Waals surface area contributed by atoms with Gasteiger partial charge >= 0.3 is 0 Å². The first-order valence-electron chi connectivity index (χ1n) is 11.9. The van der Waals surface area contributed by atoms with E-state index in [1.807, 2.05) is 43.3 Å². The Hall–Kier alpha value is -3.39. The van der Waals surface area contributed by atoms with Crippen LogP contribution in [-0.2, 0) is 10.5 Å². The highest BCUT2D eigenvalue weighted by molar-refractivity contribution is 7.98. The third-order valence-corrected chi connectivity index (χ3v) is 7.69. The van der Waals surface area contributed by atoms with Crippen molar-refractivity contribution in [2.75, 3.05) is 24.3 Å². The summed E-state index contributed by atoms with van der Waals surface area (Å²) < 4.78 is 14.1. The van der Waals surface area contributed by atoms with Crippen molar-refractivity contribution in [1.29, 1.82) is 0 Å². The molecule has 2 heterocycles. The number of aromatic amines is 1. The third-order valence-electron chi connectivity index (χ3n) is 6.77. The minimum atomic E-state index is -0.502. The number of allylic oxidation sites excluding steroid dienone is 2. The van der Waals surface area contributed by atoms with E-state index in [9.17, 15) is 14.0 Å². The lowest BCUT2D eigenvalue weighted by molar-refractivity contribution is -0.118. The maximum atomic E-state index is 14.1. The first-order valence-corrected chi connectivity index (χ1v) is 12.9. The predicted molar refractivity (Wildman–Crippen MR) is 142 cm³/mol. The molecule has 0 saturated heterocycles. The van der Waals surface area contributed by atoms with Gasteiger partial charge in [0.15, 0.2) is 10.9 Å². The van der Waals surface area contributed by atoms with Crippen molar-refractivity contribution in [2.45, 2.75) is 43.5 Å². The van der Waals surface area contributed by atoms with Crippen LogP contribution in [0.25, 0.3) is 0 Å². The van der Waals surface area contributed by atoms with Crippen molar-refractivity contribution in [2.24, 2.45) is 5.41 Å². The van der Waals surface area contributed by atoms with Crippen molar-refractivity contribution in [1.82, 2.24) is 9.97 Å². The molecule has 0 unspecified atom stereocenters. The molecule has 0 radical (unpaired) electrons. The molecule has 36 heavy (non-hydrogen) atoms. The van der Waals surface area contributed by atoms with Crippen LogP contribution in [0.2, 0.25) is 0 Å². The number of hydrogen-bond donors (Lipinski definition) is 2. The number of thioether (sulfide) groups is 1. The molecule has 0 spiro atoms. The number of nitrogens with zero attached hydrogens (tertiary/aromatic N) is 2. The van der Waals surface area contributed by atoms with Gasteiger partial charge in [-0.1, -0.05) is 55.9 Å². The van der Waals surface area contributed by atoms with E-state index < -0.39 is 5.92 Å². The molecule has 0 fully saturated rings. The number of nitrogens with one attached hydrogen (secondary N) is 2. The lowest BCUT2D eigenvalue weighted by Crippen LogP contribution is -2.37. The van der Waals surface area contributed by atoms with Gasteiger partial charge in [0.2, 0.25) is 0 Å². The molecule has 1 atom stereocenters. The number of halogens is 1. The smallest absolute Gasteiger partial charge is 0.257 e. The SMILES string of the molecule is CN(C)c1ccc([C@@H]2C3=C(CC(C)(C)CC3=O)Nc3nc(SCc4ccccc4F)[nH]c(=O)c32)cc1. The Morgan fingerprint density at radius 3 is 2.50 bits per heavy atom. The van der Waals surface area contributed by atoms with Crippen LogP contribution in [0, 0.1) is 11.2 Å². The second-order valence-electron chi connectivity index (χ2n) is 10.4. The van der Waals surface area contributed by atoms with E-state index in [2.05, 4.69) is 24.1 Å². The summed E-state index contributed by atoms with van der Waals surface area (Å²) in [6.07, 6.45) is 1.11. The third kappa shape index (κ3) is 4.57. The van der Waals surface area contributed by atoms with Crippen molar-refractivity contribution < 1.29 is 9.18 Å². The van der Waals surface area contributed by atoms with E-state index in [4.69, 9.17) is 4.98 Å². The van der Waals surface area contributed by atoms with E-state index in [1.165, 1.54) is 17.8 Å². The molecule has 1 aromatic heterocycles. The molecule has 2 aromatic carbocycles. The van der Waals surface area contributed by atoms with Gasteiger partial charge in [-0.3, -0.25) is 9.59 Å². The van der Waals surface area contributed by atoms with Crippen LogP contribution in [0.4, 0.5) is 15.9 Å². The van der Waals surface area contributed by atoms with Gasteiger partial charge in [-0.2, -0.15) is 0 Å². The predicted octanol–water partition coefficient (Wildman–Crippen LogP) is 5.47. The average Bonchev–Trinajstić information content (AvgIpc) is 2.81. The van der Waals surface area contributed by atoms with Crippen LogP contribution in [-0.4, -0.2) is 29.8 Å². The zero-order valence-electron chi connectivity index (χ0n) is 20.8. The number of benzene rings is 2. The molecule has 2 N–H and O–H groups in total. The number of ketones is 1. The van der Waals surface area contributed by atoms with E-state index in [-0.39, 0.29) is 22.6 Å². The minimum absolute atomic E-state index is 0.0542. The van der Waals surface area contributed by atoms with E-state index in [1.54, 1.807) is 18.2 Å². The molecule has 6 nitrogen and oxygen atoms in total. The summed E-state index contributed by atoms with van der Waals surface area (Å²) in [6.45, 7) is 4.15. The number of anilines is 2. The number of carbonyl (C=O) groups excluding carboxylic acids is 1. The van der Waals surface area contributed by atoms with Gasteiger partial charge in [-0.25, -0.2) is 9.37 Å². The van der Waals surface area contributed by atoms with Crippen LogP contribution in [0.3, 0.4) is 0 Å². The number of fused-ring (bicyclic) bond motifs is 1. The molecule has 1 aliphatic carbocycles. The van der Waals surface area contributed by atoms with Crippen molar-refractivity contribution in [3.8, 4) is 0 Å². The number of rotatable bonds is 5. The molecule has 186 valence electrons. The maximum Gasteiger partial charge on any atom is 0.257 e. The van der Waals surface area contributed by atoms with E-state index >= 15 is 0 Å². The summed E-state index contributed by atoms with van der Waals surface area (Å²) in [7, 11) is 3.94. The average molecular weight is 505 g/mol. The number of carbonyl (C=O) groups is 1. The quantitative estimate of drug-likeness (QED) is 0.355. The second-order valence-corrected chi connectivity index (χ2v) is 11.4. The number of aromatic nitrogens is 2. The Labute approximate surface area is 214 Å². The van der Waals surface area contributed by atoms with E-state index in [0.717, 1.165) is 16.9 Å². The Morgan fingerprint density at radius 2 is 1.81 bits per heavy atom. The Morgan fingerprint density at radius 1 is 1.08 bits per heavy atom. The van der Waals surface area contributed by atoms with Gasteiger partial charge in [0.25, 0.3) is 5.56 Å². The topological polar surface area (TPSA) is 78.1 Å². The van der Waals surface area contributed by atoms with Crippen molar-refractivity contribution in [3.63, 3.8) is 0 Å². The summed E-state index contributed by atoms with van der Waals surface area (Å²) in [6, 6.07) is 14.5. The largest absolute Gasteiger partial charge is 0.378 e. The monoisotopic (exact) mass is 504 g/mol. The molecule has 8 heteroatoms. The molecule has 3 aromatic rings. The highest BCUT2D eigenvalue weighted by Gasteiger charge is 2.42. The number of H-pyrrole nitrogens is 1. The number of Topliss-reactive ketones (excluding diaryl/α,β-unsaturated/α-hetero) is 1. The fourth-order valence-corrected chi connectivity index (χ4v) is 5.87. The van der Waals surface area contributed by atoms with Gasteiger partial charge in [0.05, 0.1) is 5.56 Å². The molecule has 0 amide bonds. The van der Waals surface area contributed by atoms with Gasteiger partial charge < -0.3 is 15.2 Å². The van der Waals surface area contributed by atoms with Gasteiger partial charge in [0, 0.05) is 49.1 Å². The first kappa shape index (κ1) is 24.3. The lowest BCUT2D eigenvalue weighted by atomic mass is 9.69.